The van der Waals surface area contributed by atoms with Crippen LogP contribution in [0, 0.1) is 5.92 Å². The van der Waals surface area contributed by atoms with Gasteiger partial charge in [0.2, 0.25) is 0 Å². The molecule has 5 heteroatoms. The van der Waals surface area contributed by atoms with Crippen LogP contribution in [0.4, 0.5) is 0 Å². The summed E-state index contributed by atoms with van der Waals surface area (Å²) in [7, 11) is 0. The molecule has 23 heavy (non-hydrogen) atoms. The van der Waals surface area contributed by atoms with Gasteiger partial charge in [-0.1, -0.05) is 19.1 Å². The highest BCUT2D eigenvalue weighted by molar-refractivity contribution is 5.62. The van der Waals surface area contributed by atoms with Crippen LogP contribution in [0.2, 0.25) is 0 Å². The number of benzene rings is 1. The number of nitrogens with one attached hydrogen (secondary N) is 1. The fourth-order valence-corrected chi connectivity index (χ4v) is 2.97. The van der Waals surface area contributed by atoms with Crippen LogP contribution in [-0.4, -0.2) is 41.3 Å². The number of nitrogens with zero attached hydrogens (tertiary/aromatic N) is 2. The fraction of sp³-hybridized carbons (Fsp3) is 0.444. The third-order valence-electron chi connectivity index (χ3n) is 4.16. The lowest BCUT2D eigenvalue weighted by atomic mass is 10.1. The molecule has 1 aliphatic heterocycles. The summed E-state index contributed by atoms with van der Waals surface area (Å²) in [4.78, 5) is 13.8. The van der Waals surface area contributed by atoms with Crippen LogP contribution in [0.5, 0.6) is 5.75 Å². The van der Waals surface area contributed by atoms with E-state index in [-0.39, 0.29) is 5.56 Å². The van der Waals surface area contributed by atoms with Crippen LogP contribution in [0.15, 0.2) is 41.3 Å². The summed E-state index contributed by atoms with van der Waals surface area (Å²) in [5, 5.41) is 6.20. The first-order valence-corrected chi connectivity index (χ1v) is 8.21. The van der Waals surface area contributed by atoms with Crippen molar-refractivity contribution in [3.63, 3.8) is 0 Å². The Balaban J connectivity index is 1.54. The first-order chi connectivity index (χ1) is 11.2. The Bertz CT molecular complexity index is 675. The summed E-state index contributed by atoms with van der Waals surface area (Å²) in [6, 6.07) is 9.34. The molecule has 0 amide bonds. The normalized spacial score (nSPS) is 16.4. The second-order valence-corrected chi connectivity index (χ2v) is 6.28. The number of rotatable bonds is 6. The van der Waals surface area contributed by atoms with Gasteiger partial charge in [0.05, 0.1) is 12.8 Å². The third kappa shape index (κ3) is 4.42. The van der Waals surface area contributed by atoms with Crippen molar-refractivity contribution in [1.29, 1.82) is 0 Å². The molecule has 1 aliphatic rings. The minimum absolute atomic E-state index is 0.196. The molecule has 0 spiro atoms. The molecule has 1 atom stereocenters. The molecule has 1 fully saturated rings. The number of ether oxygens (including phenoxy) is 1. The van der Waals surface area contributed by atoms with Gasteiger partial charge in [-0.2, -0.15) is 5.10 Å². The zero-order chi connectivity index (χ0) is 16.1. The topological polar surface area (TPSA) is 58.2 Å². The first kappa shape index (κ1) is 15.7. The first-order valence-electron chi connectivity index (χ1n) is 8.21. The maximum atomic E-state index is 11.3. The van der Waals surface area contributed by atoms with Crippen molar-refractivity contribution in [2.45, 2.75) is 19.8 Å². The lowest BCUT2D eigenvalue weighted by molar-refractivity contribution is 0.206. The molecule has 3 rings (SSSR count). The monoisotopic (exact) mass is 313 g/mol. The summed E-state index contributed by atoms with van der Waals surface area (Å²) in [5.74, 6) is 1.38. The molecule has 1 aromatic carbocycles. The van der Waals surface area contributed by atoms with Gasteiger partial charge >= 0.3 is 0 Å². The van der Waals surface area contributed by atoms with E-state index in [2.05, 4.69) is 22.0 Å². The maximum absolute atomic E-state index is 11.3. The summed E-state index contributed by atoms with van der Waals surface area (Å²) in [6.45, 7) is 6.51. The summed E-state index contributed by atoms with van der Waals surface area (Å²) < 4.78 is 5.88. The van der Waals surface area contributed by atoms with Crippen LogP contribution in [0.1, 0.15) is 19.8 Å². The van der Waals surface area contributed by atoms with Gasteiger partial charge in [0, 0.05) is 24.1 Å². The Labute approximate surface area is 136 Å². The van der Waals surface area contributed by atoms with Crippen molar-refractivity contribution < 1.29 is 4.74 Å². The summed E-state index contributed by atoms with van der Waals surface area (Å²) >= 11 is 0. The Kier molecular flexibility index (Phi) is 5.08. The molecule has 2 heterocycles. The molecule has 0 aliphatic carbocycles. The average Bonchev–Trinajstić information content (AvgIpc) is 3.06. The number of aromatic nitrogens is 2. The summed E-state index contributed by atoms with van der Waals surface area (Å²) in [6.07, 6.45) is 4.30. The molecule has 0 unspecified atom stereocenters. The van der Waals surface area contributed by atoms with Gasteiger partial charge in [0.25, 0.3) is 5.56 Å². The largest absolute Gasteiger partial charge is 0.493 e. The van der Waals surface area contributed by atoms with E-state index in [9.17, 15) is 4.79 Å². The van der Waals surface area contributed by atoms with Crippen molar-refractivity contribution >= 4 is 0 Å². The SMILES string of the molecule is C[C@H](COc1ccc(-c2cn[nH]c(=O)c2)cc1)CN1CCCC1. The van der Waals surface area contributed by atoms with Crippen molar-refractivity contribution in [1.82, 2.24) is 15.1 Å². The van der Waals surface area contributed by atoms with Crippen molar-refractivity contribution in [3.8, 4) is 16.9 Å². The van der Waals surface area contributed by atoms with Crippen molar-refractivity contribution in [2.75, 3.05) is 26.2 Å². The van der Waals surface area contributed by atoms with Gasteiger partial charge in [-0.25, -0.2) is 5.10 Å². The van der Waals surface area contributed by atoms with E-state index in [4.69, 9.17) is 4.74 Å². The van der Waals surface area contributed by atoms with Crippen LogP contribution in [-0.2, 0) is 0 Å². The molecule has 0 radical (unpaired) electrons. The average molecular weight is 313 g/mol. The molecular formula is C18H23N3O2. The molecule has 2 aromatic rings. The zero-order valence-corrected chi connectivity index (χ0v) is 13.5. The van der Waals surface area contributed by atoms with E-state index in [1.165, 1.54) is 25.9 Å². The maximum Gasteiger partial charge on any atom is 0.264 e. The molecular weight excluding hydrogens is 290 g/mol. The van der Waals surface area contributed by atoms with E-state index in [1.807, 2.05) is 24.3 Å². The van der Waals surface area contributed by atoms with E-state index >= 15 is 0 Å². The minimum atomic E-state index is -0.196. The quantitative estimate of drug-likeness (QED) is 0.890. The smallest absolute Gasteiger partial charge is 0.264 e. The molecule has 5 nitrogen and oxygen atoms in total. The van der Waals surface area contributed by atoms with Crippen LogP contribution in [0.3, 0.4) is 0 Å². The Morgan fingerprint density at radius 3 is 2.65 bits per heavy atom. The second kappa shape index (κ2) is 7.42. The molecule has 122 valence electrons. The van der Waals surface area contributed by atoms with Gasteiger partial charge in [-0.3, -0.25) is 4.79 Å². The number of hydrogen-bond donors (Lipinski definition) is 1. The highest BCUT2D eigenvalue weighted by atomic mass is 16.5. The number of H-pyrrole nitrogens is 1. The van der Waals surface area contributed by atoms with Crippen molar-refractivity contribution in [3.05, 3.63) is 46.9 Å². The van der Waals surface area contributed by atoms with Crippen LogP contribution < -0.4 is 10.3 Å². The Hall–Kier alpha value is -2.14. The molecule has 1 N–H and O–H groups in total. The predicted octanol–water partition coefficient (Wildman–Crippen LogP) is 2.55. The lowest BCUT2D eigenvalue weighted by Crippen LogP contribution is -2.28. The molecule has 0 saturated carbocycles. The fourth-order valence-electron chi connectivity index (χ4n) is 2.97. The van der Waals surface area contributed by atoms with Gasteiger partial charge in [0.15, 0.2) is 0 Å². The highest BCUT2D eigenvalue weighted by Gasteiger charge is 2.14. The Morgan fingerprint density at radius 1 is 1.22 bits per heavy atom. The zero-order valence-electron chi connectivity index (χ0n) is 13.5. The summed E-state index contributed by atoms with van der Waals surface area (Å²) in [5.41, 5.74) is 1.57. The van der Waals surface area contributed by atoms with Gasteiger partial charge in [-0.15, -0.1) is 0 Å². The van der Waals surface area contributed by atoms with E-state index in [0.29, 0.717) is 5.92 Å². The van der Waals surface area contributed by atoms with E-state index in [1.54, 1.807) is 12.3 Å². The predicted molar refractivity (Wildman–Crippen MR) is 90.6 cm³/mol. The van der Waals surface area contributed by atoms with Crippen molar-refractivity contribution in [2.24, 2.45) is 5.92 Å². The number of aromatic amines is 1. The van der Waals surface area contributed by atoms with Crippen LogP contribution in [0.25, 0.3) is 11.1 Å². The van der Waals surface area contributed by atoms with Crippen LogP contribution >= 0.6 is 0 Å². The van der Waals surface area contributed by atoms with E-state index < -0.39 is 0 Å². The van der Waals surface area contributed by atoms with Gasteiger partial charge in [0.1, 0.15) is 5.75 Å². The lowest BCUT2D eigenvalue weighted by Gasteiger charge is -2.20. The second-order valence-electron chi connectivity index (χ2n) is 6.28. The van der Waals surface area contributed by atoms with E-state index in [0.717, 1.165) is 30.0 Å². The number of likely N-dealkylation sites (tertiary alicyclic amines) is 1. The minimum Gasteiger partial charge on any atom is -0.493 e. The third-order valence-corrected chi connectivity index (χ3v) is 4.16. The number of hydrogen-bond acceptors (Lipinski definition) is 4. The standard InChI is InChI=1S/C18H23N3O2/c1-14(12-21-8-2-3-9-21)13-23-17-6-4-15(5-7-17)16-10-18(22)20-19-11-16/h4-7,10-11,14H,2-3,8-9,12-13H2,1H3,(H,20,22)/t14-/m0/s1. The van der Waals surface area contributed by atoms with Gasteiger partial charge in [-0.05, 0) is 43.6 Å². The molecule has 0 bridgehead atoms. The van der Waals surface area contributed by atoms with Gasteiger partial charge < -0.3 is 9.64 Å². The molecule has 1 saturated heterocycles. The highest BCUT2D eigenvalue weighted by Crippen LogP contribution is 2.21. The Morgan fingerprint density at radius 2 is 1.96 bits per heavy atom. The molecule has 1 aromatic heterocycles.